The van der Waals surface area contributed by atoms with Gasteiger partial charge in [-0.2, -0.15) is 0 Å². The van der Waals surface area contributed by atoms with Crippen molar-refractivity contribution in [1.82, 2.24) is 14.9 Å². The molecule has 0 atom stereocenters. The van der Waals surface area contributed by atoms with Gasteiger partial charge in [-0.15, -0.1) is 11.8 Å². The van der Waals surface area contributed by atoms with Gasteiger partial charge in [0.05, 0.1) is 17.4 Å². The molecule has 0 amide bonds. The molecule has 0 spiro atoms. The van der Waals surface area contributed by atoms with Crippen LogP contribution in [0.2, 0.25) is 0 Å². The maximum atomic E-state index is 12.2. The summed E-state index contributed by atoms with van der Waals surface area (Å²) in [6.45, 7) is 2.78. The van der Waals surface area contributed by atoms with Crippen molar-refractivity contribution in [2.75, 3.05) is 19.3 Å². The van der Waals surface area contributed by atoms with Crippen molar-refractivity contribution in [2.24, 2.45) is 5.73 Å². The summed E-state index contributed by atoms with van der Waals surface area (Å²) in [7, 11) is 0. The maximum Gasteiger partial charge on any atom is 0.259 e. The second kappa shape index (κ2) is 5.49. The molecule has 2 aromatic rings. The van der Waals surface area contributed by atoms with Crippen LogP contribution in [0.15, 0.2) is 33.7 Å². The molecule has 1 aromatic carbocycles. The minimum absolute atomic E-state index is 0.122. The van der Waals surface area contributed by atoms with Crippen LogP contribution >= 0.6 is 11.8 Å². The lowest BCUT2D eigenvalue weighted by Gasteiger charge is -2.14. The molecule has 6 nitrogen and oxygen atoms in total. The van der Waals surface area contributed by atoms with Gasteiger partial charge in [-0.3, -0.25) is 9.59 Å². The molecule has 0 saturated carbocycles. The summed E-state index contributed by atoms with van der Waals surface area (Å²) in [5.41, 5.74) is 6.62. The number of thioether (sulfide) groups is 1. The molecule has 22 heavy (non-hydrogen) atoms. The molecule has 3 rings (SSSR count). The van der Waals surface area contributed by atoms with Gasteiger partial charge < -0.3 is 15.6 Å². The molecule has 7 heteroatoms. The summed E-state index contributed by atoms with van der Waals surface area (Å²) in [5, 5.41) is 0.499. The quantitative estimate of drug-likeness (QED) is 0.826. The first kappa shape index (κ1) is 14.6. The topological polar surface area (TPSA) is 92.1 Å². The molecular weight excluding hydrogens is 300 g/mol. The van der Waals surface area contributed by atoms with Crippen molar-refractivity contribution in [1.29, 1.82) is 0 Å². The third kappa shape index (κ3) is 2.27. The predicted octanol–water partition coefficient (Wildman–Crippen LogP) is 1.18. The van der Waals surface area contributed by atoms with Crippen LogP contribution < -0.4 is 11.3 Å². The lowest BCUT2D eigenvalue weighted by atomic mass is 10.1. The highest BCUT2D eigenvalue weighted by Crippen LogP contribution is 2.24. The third-order valence-corrected chi connectivity index (χ3v) is 4.47. The van der Waals surface area contributed by atoms with E-state index >= 15 is 0 Å². The highest BCUT2D eigenvalue weighted by molar-refractivity contribution is 7.98. The summed E-state index contributed by atoms with van der Waals surface area (Å²) in [6, 6.07) is 5.45. The summed E-state index contributed by atoms with van der Waals surface area (Å²) < 4.78 is 0. The summed E-state index contributed by atoms with van der Waals surface area (Å²) in [5.74, 6) is 0.494. The van der Waals surface area contributed by atoms with E-state index in [4.69, 9.17) is 5.73 Å². The predicted molar refractivity (Wildman–Crippen MR) is 87.5 cm³/mol. The first-order valence-electron chi connectivity index (χ1n) is 6.91. The normalized spacial score (nSPS) is 15.2. The Hall–Kier alpha value is -2.28. The maximum absolute atomic E-state index is 12.2. The van der Waals surface area contributed by atoms with Gasteiger partial charge in [-0.05, 0) is 31.4 Å². The van der Waals surface area contributed by atoms with Gasteiger partial charge in [-0.25, -0.2) is 4.98 Å². The molecule has 0 bridgehead atoms. The van der Waals surface area contributed by atoms with Gasteiger partial charge in [0.2, 0.25) is 0 Å². The Kier molecular flexibility index (Phi) is 3.66. The number of nitrogens with one attached hydrogen (secondary N) is 1. The molecule has 0 aliphatic carbocycles. The number of H-pyrrole nitrogens is 1. The number of hydrogen-bond acceptors (Lipinski definition) is 6. The average Bonchev–Trinajstić information content (AvgIpc) is 2.80. The molecule has 114 valence electrons. The first-order valence-corrected chi connectivity index (χ1v) is 8.14. The van der Waals surface area contributed by atoms with E-state index in [1.165, 1.54) is 0 Å². The van der Waals surface area contributed by atoms with E-state index in [9.17, 15) is 9.59 Å². The van der Waals surface area contributed by atoms with E-state index in [0.29, 0.717) is 28.8 Å². The van der Waals surface area contributed by atoms with Crippen molar-refractivity contribution < 1.29 is 4.79 Å². The average molecular weight is 316 g/mol. The number of nitrogens with zero attached hydrogens (tertiary/aromatic N) is 2. The van der Waals surface area contributed by atoms with Crippen molar-refractivity contribution >= 4 is 34.0 Å². The smallest absolute Gasteiger partial charge is 0.259 e. The minimum Gasteiger partial charge on any atom is -0.385 e. The summed E-state index contributed by atoms with van der Waals surface area (Å²) in [6.07, 6.45) is 1.95. The monoisotopic (exact) mass is 316 g/mol. The number of benzene rings is 1. The number of likely N-dealkylation sites (N-methyl/N-ethyl adjacent to an activating group) is 1. The fourth-order valence-electron chi connectivity index (χ4n) is 2.54. The Bertz CT molecular complexity index is 856. The first-order chi connectivity index (χ1) is 10.5. The molecular formula is C15H16N4O2S. The van der Waals surface area contributed by atoms with E-state index in [2.05, 4.69) is 9.97 Å². The molecule has 1 aliphatic rings. The number of Topliss-reactive ketones (excluding diaryl/α,β-unsaturated/α-hetero) is 1. The molecule has 2 heterocycles. The Balaban J connectivity index is 2.22. The number of hydrogen-bond donors (Lipinski definition) is 2. The van der Waals surface area contributed by atoms with Crippen LogP contribution in [0.3, 0.4) is 0 Å². The molecule has 0 unspecified atom stereocenters. The number of carbonyl (C=O) groups excluding carboxylic acids is 1. The largest absolute Gasteiger partial charge is 0.385 e. The highest BCUT2D eigenvalue weighted by atomic mass is 32.2. The zero-order chi connectivity index (χ0) is 15.9. The van der Waals surface area contributed by atoms with Crippen molar-refractivity contribution in [3.63, 3.8) is 0 Å². The summed E-state index contributed by atoms with van der Waals surface area (Å²) in [4.78, 5) is 34.3. The van der Waals surface area contributed by atoms with E-state index < -0.39 is 0 Å². The van der Waals surface area contributed by atoms with Crippen LogP contribution in [0.4, 0.5) is 0 Å². The van der Waals surface area contributed by atoms with Crippen LogP contribution in [0.1, 0.15) is 12.7 Å². The Morgan fingerprint density at radius 2 is 2.18 bits per heavy atom. The molecule has 1 aliphatic heterocycles. The van der Waals surface area contributed by atoms with Gasteiger partial charge in [0.15, 0.2) is 5.78 Å². The van der Waals surface area contributed by atoms with Gasteiger partial charge in [0, 0.05) is 11.4 Å². The Morgan fingerprint density at radius 3 is 2.82 bits per heavy atom. The van der Waals surface area contributed by atoms with Gasteiger partial charge in [0.1, 0.15) is 17.2 Å². The fraction of sp³-hybridized carbons (Fsp3) is 0.267. The van der Waals surface area contributed by atoms with Crippen LogP contribution in [0.25, 0.3) is 16.5 Å². The molecule has 1 aromatic heterocycles. The lowest BCUT2D eigenvalue weighted by Crippen LogP contribution is -2.25. The summed E-state index contributed by atoms with van der Waals surface area (Å²) >= 11 is 1.57. The molecule has 0 saturated heterocycles. The number of aromatic nitrogens is 2. The fourth-order valence-corrected chi connectivity index (χ4v) is 2.97. The number of rotatable bonds is 3. The minimum atomic E-state index is -0.268. The van der Waals surface area contributed by atoms with Crippen molar-refractivity contribution in [3.05, 3.63) is 40.2 Å². The SMILES string of the molecule is CCN1CC(=O)C(c2nc3cc(SC)ccc3c(=O)[nH]2)=C1N. The van der Waals surface area contributed by atoms with E-state index in [1.807, 2.05) is 25.3 Å². The van der Waals surface area contributed by atoms with E-state index in [1.54, 1.807) is 22.7 Å². The zero-order valence-corrected chi connectivity index (χ0v) is 13.2. The Morgan fingerprint density at radius 1 is 1.41 bits per heavy atom. The lowest BCUT2D eigenvalue weighted by molar-refractivity contribution is -0.113. The van der Waals surface area contributed by atoms with Crippen LogP contribution in [0.5, 0.6) is 0 Å². The highest BCUT2D eigenvalue weighted by Gasteiger charge is 2.30. The van der Waals surface area contributed by atoms with Crippen molar-refractivity contribution in [2.45, 2.75) is 11.8 Å². The van der Waals surface area contributed by atoms with Crippen LogP contribution in [-0.4, -0.2) is 40.0 Å². The van der Waals surface area contributed by atoms with Crippen LogP contribution in [0, 0.1) is 0 Å². The van der Waals surface area contributed by atoms with Gasteiger partial charge in [0.25, 0.3) is 5.56 Å². The second-order valence-electron chi connectivity index (χ2n) is 5.00. The Labute approximate surface area is 131 Å². The van der Waals surface area contributed by atoms with Crippen molar-refractivity contribution in [3.8, 4) is 0 Å². The number of aromatic amines is 1. The van der Waals surface area contributed by atoms with E-state index in [-0.39, 0.29) is 23.7 Å². The number of carbonyl (C=O) groups is 1. The molecule has 3 N–H and O–H groups in total. The van der Waals surface area contributed by atoms with Crippen LogP contribution in [-0.2, 0) is 4.79 Å². The van der Waals surface area contributed by atoms with Gasteiger partial charge in [-0.1, -0.05) is 0 Å². The number of fused-ring (bicyclic) bond motifs is 1. The number of nitrogens with two attached hydrogens (primary N) is 1. The van der Waals surface area contributed by atoms with Gasteiger partial charge >= 0.3 is 0 Å². The standard InChI is InChI=1S/C15H16N4O2S/c1-3-19-7-11(20)12(13(19)16)14-17-10-6-8(22-2)4-5-9(10)15(21)18-14/h4-6H,3,7,16H2,1-2H3,(H,17,18,21). The zero-order valence-electron chi connectivity index (χ0n) is 12.3. The van der Waals surface area contributed by atoms with E-state index in [0.717, 1.165) is 4.90 Å². The number of ketones is 1. The second-order valence-corrected chi connectivity index (χ2v) is 5.87. The third-order valence-electron chi connectivity index (χ3n) is 3.74. The molecule has 0 radical (unpaired) electrons. The molecule has 0 fully saturated rings.